The summed E-state index contributed by atoms with van der Waals surface area (Å²) in [7, 11) is 3.22. The van der Waals surface area contributed by atoms with Gasteiger partial charge in [-0.25, -0.2) is 4.98 Å². The van der Waals surface area contributed by atoms with E-state index < -0.39 is 0 Å². The number of rotatable bonds is 6. The van der Waals surface area contributed by atoms with E-state index >= 15 is 0 Å². The van der Waals surface area contributed by atoms with Gasteiger partial charge in [-0.15, -0.1) is 0 Å². The first-order valence-corrected chi connectivity index (χ1v) is 7.79. The van der Waals surface area contributed by atoms with Crippen molar-refractivity contribution in [1.29, 1.82) is 5.41 Å². The SMILES string of the molecule is COc1ccc(-c2nccn2Cc2cccc(C(=N)N)c2)cc1OC. The van der Waals surface area contributed by atoms with Gasteiger partial charge in [0.25, 0.3) is 0 Å². The van der Waals surface area contributed by atoms with Crippen LogP contribution in [0.4, 0.5) is 0 Å². The highest BCUT2D eigenvalue weighted by Gasteiger charge is 2.11. The third-order valence-electron chi connectivity index (χ3n) is 3.95. The molecule has 0 saturated heterocycles. The van der Waals surface area contributed by atoms with Crippen molar-refractivity contribution < 1.29 is 9.47 Å². The predicted molar refractivity (Wildman–Crippen MR) is 97.3 cm³/mol. The molecule has 0 spiro atoms. The number of benzene rings is 2. The number of nitrogens with one attached hydrogen (secondary N) is 1. The second kappa shape index (κ2) is 7.09. The van der Waals surface area contributed by atoms with Crippen LogP contribution in [0.2, 0.25) is 0 Å². The molecule has 3 rings (SSSR count). The third-order valence-corrected chi connectivity index (χ3v) is 3.95. The number of nitrogens with two attached hydrogens (primary N) is 1. The Labute approximate surface area is 146 Å². The van der Waals surface area contributed by atoms with Crippen molar-refractivity contribution in [2.45, 2.75) is 6.54 Å². The fourth-order valence-corrected chi connectivity index (χ4v) is 2.71. The van der Waals surface area contributed by atoms with E-state index in [9.17, 15) is 0 Å². The number of nitrogens with zero attached hydrogens (tertiary/aromatic N) is 2. The summed E-state index contributed by atoms with van der Waals surface area (Å²) in [6, 6.07) is 13.4. The van der Waals surface area contributed by atoms with Gasteiger partial charge in [0.1, 0.15) is 11.7 Å². The lowest BCUT2D eigenvalue weighted by molar-refractivity contribution is 0.355. The number of hydrogen-bond acceptors (Lipinski definition) is 4. The molecule has 3 N–H and O–H groups in total. The summed E-state index contributed by atoms with van der Waals surface area (Å²) >= 11 is 0. The van der Waals surface area contributed by atoms with Crippen LogP contribution in [0.25, 0.3) is 11.4 Å². The van der Waals surface area contributed by atoms with Gasteiger partial charge in [-0.2, -0.15) is 0 Å². The first kappa shape index (κ1) is 16.6. The lowest BCUT2D eigenvalue weighted by Gasteiger charge is -2.12. The molecule has 0 aliphatic heterocycles. The van der Waals surface area contributed by atoms with E-state index in [1.54, 1.807) is 20.4 Å². The quantitative estimate of drug-likeness (QED) is 0.535. The minimum Gasteiger partial charge on any atom is -0.493 e. The highest BCUT2D eigenvalue weighted by Crippen LogP contribution is 2.31. The highest BCUT2D eigenvalue weighted by atomic mass is 16.5. The van der Waals surface area contributed by atoms with Crippen LogP contribution in [-0.4, -0.2) is 29.6 Å². The van der Waals surface area contributed by atoms with Crippen LogP contribution >= 0.6 is 0 Å². The number of hydrogen-bond donors (Lipinski definition) is 2. The van der Waals surface area contributed by atoms with Gasteiger partial charge in [0.05, 0.1) is 14.2 Å². The van der Waals surface area contributed by atoms with Gasteiger partial charge in [-0.05, 0) is 29.8 Å². The summed E-state index contributed by atoms with van der Waals surface area (Å²) in [6.07, 6.45) is 3.69. The molecule has 0 aliphatic carbocycles. The van der Waals surface area contributed by atoms with Gasteiger partial charge < -0.3 is 19.8 Å². The van der Waals surface area contributed by atoms with Gasteiger partial charge in [-0.1, -0.05) is 18.2 Å². The normalized spacial score (nSPS) is 10.5. The van der Waals surface area contributed by atoms with E-state index in [0.29, 0.717) is 23.6 Å². The first-order valence-electron chi connectivity index (χ1n) is 7.79. The molecule has 0 aliphatic rings. The monoisotopic (exact) mass is 336 g/mol. The summed E-state index contributed by atoms with van der Waals surface area (Å²) < 4.78 is 12.7. The second-order valence-electron chi connectivity index (χ2n) is 5.56. The van der Waals surface area contributed by atoms with Crippen LogP contribution in [0.5, 0.6) is 11.5 Å². The van der Waals surface area contributed by atoms with E-state index in [-0.39, 0.29) is 5.84 Å². The van der Waals surface area contributed by atoms with E-state index in [0.717, 1.165) is 17.0 Å². The maximum Gasteiger partial charge on any atom is 0.161 e. The maximum atomic E-state index is 7.57. The van der Waals surface area contributed by atoms with Gasteiger partial charge in [-0.3, -0.25) is 5.41 Å². The standard InChI is InChI=1S/C19H20N4O2/c1-24-16-7-6-15(11-17(16)25-2)19-22-8-9-23(19)12-13-4-3-5-14(10-13)18(20)21/h3-11H,12H2,1-2H3,(H3,20,21). The lowest BCUT2D eigenvalue weighted by Crippen LogP contribution is -2.11. The van der Waals surface area contributed by atoms with Crippen LogP contribution in [-0.2, 0) is 6.54 Å². The first-order chi connectivity index (χ1) is 12.1. The van der Waals surface area contributed by atoms with E-state index in [2.05, 4.69) is 4.98 Å². The number of nitrogen functional groups attached to an aromatic ring is 1. The molecule has 25 heavy (non-hydrogen) atoms. The number of aromatic nitrogens is 2. The minimum atomic E-state index is 0.0626. The number of amidine groups is 1. The molecule has 1 aromatic heterocycles. The summed E-state index contributed by atoms with van der Waals surface area (Å²) in [5.41, 5.74) is 8.27. The Hall–Kier alpha value is -3.28. The van der Waals surface area contributed by atoms with Crippen LogP contribution in [0.1, 0.15) is 11.1 Å². The summed E-state index contributed by atoms with van der Waals surface area (Å²) in [6.45, 7) is 0.630. The van der Waals surface area contributed by atoms with Crippen LogP contribution in [0.3, 0.4) is 0 Å². The molecule has 6 heteroatoms. The molecule has 128 valence electrons. The van der Waals surface area contributed by atoms with Crippen molar-refractivity contribution in [1.82, 2.24) is 9.55 Å². The second-order valence-corrected chi connectivity index (χ2v) is 5.56. The minimum absolute atomic E-state index is 0.0626. The maximum absolute atomic E-state index is 7.57. The molecule has 0 amide bonds. The largest absolute Gasteiger partial charge is 0.493 e. The molecule has 2 aromatic carbocycles. The fraction of sp³-hybridized carbons (Fsp3) is 0.158. The molecule has 6 nitrogen and oxygen atoms in total. The average molecular weight is 336 g/mol. The Bertz CT molecular complexity index is 902. The van der Waals surface area contributed by atoms with E-state index in [1.165, 1.54) is 0 Å². The number of imidazole rings is 1. The zero-order chi connectivity index (χ0) is 17.8. The van der Waals surface area contributed by atoms with Crippen molar-refractivity contribution in [3.63, 3.8) is 0 Å². The van der Waals surface area contributed by atoms with Crippen LogP contribution in [0, 0.1) is 5.41 Å². The van der Waals surface area contributed by atoms with Gasteiger partial charge >= 0.3 is 0 Å². The van der Waals surface area contributed by atoms with E-state index in [1.807, 2.05) is 53.2 Å². The zero-order valence-corrected chi connectivity index (χ0v) is 14.2. The molecular formula is C19H20N4O2. The van der Waals surface area contributed by atoms with Gasteiger partial charge in [0, 0.05) is 30.1 Å². The lowest BCUT2D eigenvalue weighted by atomic mass is 10.1. The summed E-state index contributed by atoms with van der Waals surface area (Å²) in [4.78, 5) is 4.47. The van der Waals surface area contributed by atoms with Crippen LogP contribution in [0.15, 0.2) is 54.9 Å². The molecule has 0 radical (unpaired) electrons. The molecule has 0 saturated carbocycles. The molecular weight excluding hydrogens is 316 g/mol. The Morgan fingerprint density at radius 3 is 2.64 bits per heavy atom. The highest BCUT2D eigenvalue weighted by molar-refractivity contribution is 5.95. The number of methoxy groups -OCH3 is 2. The molecule has 0 unspecified atom stereocenters. The Balaban J connectivity index is 1.93. The van der Waals surface area contributed by atoms with Gasteiger partial charge in [0.2, 0.25) is 0 Å². The Morgan fingerprint density at radius 2 is 1.92 bits per heavy atom. The summed E-state index contributed by atoms with van der Waals surface area (Å²) in [5.74, 6) is 2.23. The topological polar surface area (TPSA) is 86.2 Å². The zero-order valence-electron chi connectivity index (χ0n) is 14.2. The third kappa shape index (κ3) is 3.47. The number of ether oxygens (including phenoxy) is 2. The predicted octanol–water partition coefficient (Wildman–Crippen LogP) is 2.90. The van der Waals surface area contributed by atoms with Crippen molar-refractivity contribution in [2.75, 3.05) is 14.2 Å². The molecule has 0 atom stereocenters. The Morgan fingerprint density at radius 1 is 1.12 bits per heavy atom. The van der Waals surface area contributed by atoms with Crippen molar-refractivity contribution in [3.05, 3.63) is 66.0 Å². The van der Waals surface area contributed by atoms with Crippen molar-refractivity contribution in [2.24, 2.45) is 5.73 Å². The average Bonchev–Trinajstić information content (AvgIpc) is 3.09. The molecule has 0 bridgehead atoms. The fourth-order valence-electron chi connectivity index (χ4n) is 2.71. The van der Waals surface area contributed by atoms with Crippen molar-refractivity contribution >= 4 is 5.84 Å². The Kier molecular flexibility index (Phi) is 4.70. The molecule has 0 fully saturated rings. The molecule has 1 heterocycles. The smallest absolute Gasteiger partial charge is 0.161 e. The van der Waals surface area contributed by atoms with Crippen molar-refractivity contribution in [3.8, 4) is 22.9 Å². The summed E-state index contributed by atoms with van der Waals surface area (Å²) in [5, 5.41) is 7.57. The molecule has 3 aromatic rings. The van der Waals surface area contributed by atoms with Crippen LogP contribution < -0.4 is 15.2 Å². The van der Waals surface area contributed by atoms with Gasteiger partial charge in [0.15, 0.2) is 11.5 Å². The van der Waals surface area contributed by atoms with E-state index in [4.69, 9.17) is 20.6 Å².